The Morgan fingerprint density at radius 2 is 0.600 bits per heavy atom. The van der Waals surface area contributed by atoms with Gasteiger partial charge in [0.1, 0.15) is 0 Å². The van der Waals surface area contributed by atoms with Crippen molar-refractivity contribution in [1.29, 1.82) is 0 Å². The number of alkyl halides is 20. The summed E-state index contributed by atoms with van der Waals surface area (Å²) < 4.78 is 261. The van der Waals surface area contributed by atoms with Gasteiger partial charge in [0, 0.05) is 0 Å². The van der Waals surface area contributed by atoms with Gasteiger partial charge < -0.3 is 0 Å². The van der Waals surface area contributed by atoms with Gasteiger partial charge in [-0.2, -0.15) is 83.4 Å². The molecule has 0 spiro atoms. The molecule has 1 fully saturated rings. The van der Waals surface area contributed by atoms with Crippen LogP contribution in [0.25, 0.3) is 0 Å². The SMILES string of the molecule is FC(F)(F)C(F)(F)C1(F)C(F)(F)C(F)(F)C(C(F)(F)F)(C(F)(F)F)C(F)(F)C1(F)F. The molecule has 0 aliphatic heterocycles. The summed E-state index contributed by atoms with van der Waals surface area (Å²) in [6.07, 6.45) is -25.4. The van der Waals surface area contributed by atoms with E-state index in [1.165, 1.54) is 0 Å². The van der Waals surface area contributed by atoms with Crippen molar-refractivity contribution in [3.63, 3.8) is 0 Å². The first kappa shape index (κ1) is 26.6. The molecule has 1 rings (SSSR count). The summed E-state index contributed by atoms with van der Waals surface area (Å²) in [7, 11) is 0. The second-order valence-electron chi connectivity index (χ2n) is 5.77. The fourth-order valence-corrected chi connectivity index (χ4v) is 2.76. The van der Waals surface area contributed by atoms with Gasteiger partial charge in [-0.1, -0.05) is 0 Å². The van der Waals surface area contributed by atoms with Crippen LogP contribution in [-0.2, 0) is 0 Å². The fraction of sp³-hybridized carbons (Fsp3) is 1.00. The van der Waals surface area contributed by atoms with E-state index in [2.05, 4.69) is 0 Å². The summed E-state index contributed by atoms with van der Waals surface area (Å²) >= 11 is 0. The Labute approximate surface area is 148 Å². The van der Waals surface area contributed by atoms with Crippen molar-refractivity contribution in [1.82, 2.24) is 0 Å². The molecule has 1 aliphatic rings. The molecule has 0 aromatic rings. The molecular formula is C10F20. The van der Waals surface area contributed by atoms with Gasteiger partial charge in [0.05, 0.1) is 0 Å². The highest BCUT2D eigenvalue weighted by atomic mass is 19.4. The Balaban J connectivity index is 4.43. The first-order valence-corrected chi connectivity index (χ1v) is 6.28. The van der Waals surface area contributed by atoms with Crippen molar-refractivity contribution < 1.29 is 87.8 Å². The van der Waals surface area contributed by atoms with Gasteiger partial charge in [-0.15, -0.1) is 0 Å². The Morgan fingerprint density at radius 3 is 0.767 bits per heavy atom. The molecule has 0 heterocycles. The van der Waals surface area contributed by atoms with E-state index in [1.807, 2.05) is 0 Å². The van der Waals surface area contributed by atoms with Crippen molar-refractivity contribution in [2.24, 2.45) is 5.41 Å². The maximum absolute atomic E-state index is 13.8. The van der Waals surface area contributed by atoms with E-state index < -0.39 is 59.2 Å². The topological polar surface area (TPSA) is 0 Å². The standard InChI is InChI=1S/C10F20/c11-2(7(20,21)10(28,29)30)5(16,17)3(12,13)1(8(22,23)24,9(25,26)27)4(14,15)6(2,18)19. The Kier molecular flexibility index (Phi) is 5.05. The van der Waals surface area contributed by atoms with Crippen molar-refractivity contribution in [2.45, 2.75) is 53.8 Å². The Hall–Kier alpha value is -1.40. The molecule has 0 atom stereocenters. The van der Waals surface area contributed by atoms with E-state index in [0.29, 0.717) is 0 Å². The van der Waals surface area contributed by atoms with E-state index in [-0.39, 0.29) is 0 Å². The van der Waals surface area contributed by atoms with E-state index >= 15 is 0 Å². The molecule has 0 unspecified atom stereocenters. The average Bonchev–Trinajstić information content (AvgIpc) is 2.39. The Morgan fingerprint density at radius 1 is 0.367 bits per heavy atom. The van der Waals surface area contributed by atoms with Crippen LogP contribution in [0.4, 0.5) is 87.8 Å². The molecular weight excluding hydrogens is 500 g/mol. The molecule has 0 aromatic carbocycles. The number of hydrogen-bond donors (Lipinski definition) is 0. The predicted molar refractivity (Wildman–Crippen MR) is 49.2 cm³/mol. The van der Waals surface area contributed by atoms with Crippen LogP contribution in [0.3, 0.4) is 0 Å². The molecule has 0 bridgehead atoms. The first-order valence-electron chi connectivity index (χ1n) is 6.28. The van der Waals surface area contributed by atoms with Crippen molar-refractivity contribution in [3.05, 3.63) is 0 Å². The molecule has 0 nitrogen and oxygen atoms in total. The van der Waals surface area contributed by atoms with Gasteiger partial charge in [0.15, 0.2) is 0 Å². The van der Waals surface area contributed by atoms with Crippen molar-refractivity contribution >= 4 is 0 Å². The van der Waals surface area contributed by atoms with Gasteiger partial charge in [-0.05, 0) is 0 Å². The van der Waals surface area contributed by atoms with E-state index in [4.69, 9.17) is 0 Å². The van der Waals surface area contributed by atoms with Crippen LogP contribution in [-0.4, -0.2) is 53.8 Å². The second kappa shape index (κ2) is 5.69. The van der Waals surface area contributed by atoms with Crippen LogP contribution in [0.1, 0.15) is 0 Å². The largest absolute Gasteiger partial charge is 0.457 e. The molecule has 20 heteroatoms. The molecule has 0 amide bonds. The minimum Gasteiger partial charge on any atom is -0.223 e. The molecule has 0 aromatic heterocycles. The molecule has 0 radical (unpaired) electrons. The zero-order valence-corrected chi connectivity index (χ0v) is 12.6. The van der Waals surface area contributed by atoms with E-state index in [0.717, 1.165) is 0 Å². The zero-order valence-electron chi connectivity index (χ0n) is 12.6. The van der Waals surface area contributed by atoms with Crippen LogP contribution >= 0.6 is 0 Å². The maximum atomic E-state index is 13.8. The van der Waals surface area contributed by atoms with E-state index in [9.17, 15) is 87.8 Å². The van der Waals surface area contributed by atoms with Gasteiger partial charge in [0.25, 0.3) is 5.41 Å². The predicted octanol–water partition coefficient (Wildman–Crippen LogP) is 6.56. The smallest absolute Gasteiger partial charge is 0.223 e. The van der Waals surface area contributed by atoms with Crippen LogP contribution in [0.15, 0.2) is 0 Å². The molecule has 1 aliphatic carbocycles. The summed E-state index contributed by atoms with van der Waals surface area (Å²) in [4.78, 5) is 0. The highest BCUT2D eigenvalue weighted by Gasteiger charge is 3.12. The van der Waals surface area contributed by atoms with Crippen LogP contribution in [0, 0.1) is 5.41 Å². The lowest BCUT2D eigenvalue weighted by Crippen LogP contribution is -2.92. The van der Waals surface area contributed by atoms with E-state index in [1.54, 1.807) is 0 Å². The number of halogens is 20. The van der Waals surface area contributed by atoms with Gasteiger partial charge in [-0.3, -0.25) is 0 Å². The summed E-state index contributed by atoms with van der Waals surface area (Å²) in [5, 5.41) is 0. The minimum absolute atomic E-state index is 8.20. The summed E-state index contributed by atoms with van der Waals surface area (Å²) in [6, 6.07) is 0. The average molecular weight is 500 g/mol. The second-order valence-corrected chi connectivity index (χ2v) is 5.77. The highest BCUT2D eigenvalue weighted by Crippen LogP contribution is 2.80. The van der Waals surface area contributed by atoms with Crippen molar-refractivity contribution in [2.75, 3.05) is 0 Å². The molecule has 1 saturated carbocycles. The minimum atomic E-state index is -9.06. The van der Waals surface area contributed by atoms with Gasteiger partial charge in [0.2, 0.25) is 0 Å². The molecule has 0 N–H and O–H groups in total. The monoisotopic (exact) mass is 500 g/mol. The third kappa shape index (κ3) is 2.22. The molecule has 30 heavy (non-hydrogen) atoms. The number of hydrogen-bond acceptors (Lipinski definition) is 0. The zero-order chi connectivity index (χ0) is 25.0. The number of rotatable bonds is 1. The summed E-state index contributed by atoms with van der Waals surface area (Å²) in [6.45, 7) is 0. The first-order chi connectivity index (χ1) is 12.5. The van der Waals surface area contributed by atoms with Gasteiger partial charge >= 0.3 is 53.8 Å². The van der Waals surface area contributed by atoms with Crippen LogP contribution < -0.4 is 0 Å². The highest BCUT2D eigenvalue weighted by molar-refractivity contribution is 5.34. The lowest BCUT2D eigenvalue weighted by Gasteiger charge is -2.59. The summed E-state index contributed by atoms with van der Waals surface area (Å²) in [5.41, 5.74) is -18.0. The third-order valence-corrected chi connectivity index (χ3v) is 4.24. The summed E-state index contributed by atoms with van der Waals surface area (Å²) in [5.74, 6) is -44.9. The molecule has 0 saturated heterocycles. The lowest BCUT2D eigenvalue weighted by molar-refractivity contribution is -0.564. The van der Waals surface area contributed by atoms with Crippen LogP contribution in [0.5, 0.6) is 0 Å². The Bertz CT molecular complexity index is 640. The van der Waals surface area contributed by atoms with Gasteiger partial charge in [-0.25, -0.2) is 4.39 Å². The van der Waals surface area contributed by atoms with Crippen molar-refractivity contribution in [3.8, 4) is 0 Å². The molecule has 180 valence electrons. The fourth-order valence-electron chi connectivity index (χ4n) is 2.76. The quantitative estimate of drug-likeness (QED) is 0.358. The maximum Gasteiger partial charge on any atom is 0.457 e. The van der Waals surface area contributed by atoms with Crippen LogP contribution in [0.2, 0.25) is 0 Å². The normalized spacial score (nSPS) is 27.6. The third-order valence-electron chi connectivity index (χ3n) is 4.24. The lowest BCUT2D eigenvalue weighted by atomic mass is 9.57.